The van der Waals surface area contributed by atoms with Gasteiger partial charge in [0.15, 0.2) is 0 Å². The first-order chi connectivity index (χ1) is 12.2. The molecule has 0 aliphatic carbocycles. The summed E-state index contributed by atoms with van der Waals surface area (Å²) in [5.41, 5.74) is 0.281. The Morgan fingerprint density at radius 2 is 1.85 bits per heavy atom. The minimum atomic E-state index is -1.23. The maximum Gasteiger partial charge on any atom is 0.335 e. The molecule has 26 heavy (non-hydrogen) atoms. The highest BCUT2D eigenvalue weighted by molar-refractivity contribution is 8.00. The second-order valence-corrected chi connectivity index (χ2v) is 6.77. The Hall–Kier alpha value is -2.88. The van der Waals surface area contributed by atoms with Gasteiger partial charge in [-0.3, -0.25) is 14.4 Å². The van der Waals surface area contributed by atoms with E-state index < -0.39 is 41.0 Å². The molecule has 0 aromatic heterocycles. The summed E-state index contributed by atoms with van der Waals surface area (Å²) in [6.07, 6.45) is -0.101. The van der Waals surface area contributed by atoms with Crippen LogP contribution in [0.15, 0.2) is 24.3 Å². The van der Waals surface area contributed by atoms with Crippen molar-refractivity contribution in [1.29, 1.82) is 0 Å². The molecule has 0 unspecified atom stereocenters. The van der Waals surface area contributed by atoms with E-state index in [1.165, 1.54) is 31.2 Å². The van der Waals surface area contributed by atoms with Crippen LogP contribution >= 0.6 is 11.8 Å². The molecule has 1 aliphatic rings. The molecule has 1 saturated heterocycles. The number of carbonyl (C=O) groups excluding carboxylic acids is 3. The number of thioether (sulfide) groups is 1. The van der Waals surface area contributed by atoms with E-state index in [2.05, 4.69) is 5.32 Å². The summed E-state index contributed by atoms with van der Waals surface area (Å²) in [5, 5.41) is 19.5. The highest BCUT2D eigenvalue weighted by Gasteiger charge is 2.40. The van der Waals surface area contributed by atoms with Crippen LogP contribution in [-0.2, 0) is 19.2 Å². The molecule has 1 heterocycles. The zero-order chi connectivity index (χ0) is 19.4. The SMILES string of the molecule is CC(=O)N[C@H](CS[C@H]1CC(=O)N(c2ccc(C(=O)O)cc2)C1=O)C(=O)O. The van der Waals surface area contributed by atoms with Crippen LogP contribution in [-0.4, -0.2) is 56.9 Å². The van der Waals surface area contributed by atoms with Gasteiger partial charge in [-0.05, 0) is 24.3 Å². The molecular weight excluding hydrogens is 364 g/mol. The summed E-state index contributed by atoms with van der Waals surface area (Å²) in [5.74, 6) is -3.89. The van der Waals surface area contributed by atoms with Crippen molar-refractivity contribution in [3.63, 3.8) is 0 Å². The summed E-state index contributed by atoms with van der Waals surface area (Å²) in [6, 6.07) is 4.14. The molecule has 0 radical (unpaired) electrons. The number of carboxylic acids is 2. The van der Waals surface area contributed by atoms with Crippen LogP contribution in [0.1, 0.15) is 23.7 Å². The van der Waals surface area contributed by atoms with Crippen LogP contribution in [0.5, 0.6) is 0 Å². The molecule has 3 amide bonds. The average Bonchev–Trinajstić information content (AvgIpc) is 2.85. The lowest BCUT2D eigenvalue weighted by Crippen LogP contribution is -2.42. The molecule has 9 nitrogen and oxygen atoms in total. The van der Waals surface area contributed by atoms with E-state index in [1.54, 1.807) is 0 Å². The fourth-order valence-corrected chi connectivity index (χ4v) is 3.55. The Bertz CT molecular complexity index is 762. The van der Waals surface area contributed by atoms with Crippen molar-refractivity contribution >= 4 is 47.1 Å². The van der Waals surface area contributed by atoms with Gasteiger partial charge >= 0.3 is 11.9 Å². The minimum Gasteiger partial charge on any atom is -0.480 e. The summed E-state index contributed by atoms with van der Waals surface area (Å²) < 4.78 is 0. The standard InChI is InChI=1S/C16H16N2O7S/c1-8(19)17-11(16(24)25)7-26-12-6-13(20)18(14(12)21)10-4-2-9(3-5-10)15(22)23/h2-5,11-12H,6-7H2,1H3,(H,17,19)(H,22,23)(H,24,25)/t11-,12+/m1/s1. The number of carbonyl (C=O) groups is 5. The maximum atomic E-state index is 12.5. The summed E-state index contributed by atoms with van der Waals surface area (Å²) in [6.45, 7) is 1.19. The van der Waals surface area contributed by atoms with E-state index in [4.69, 9.17) is 10.2 Å². The predicted octanol–water partition coefficient (Wildman–Crippen LogP) is 0.339. The molecule has 0 bridgehead atoms. The molecule has 1 aromatic carbocycles. The van der Waals surface area contributed by atoms with Gasteiger partial charge in [-0.15, -0.1) is 11.8 Å². The molecule has 2 rings (SSSR count). The van der Waals surface area contributed by atoms with E-state index in [9.17, 15) is 24.0 Å². The molecule has 138 valence electrons. The average molecular weight is 380 g/mol. The highest BCUT2D eigenvalue weighted by atomic mass is 32.2. The lowest BCUT2D eigenvalue weighted by Gasteiger charge is -2.16. The zero-order valence-electron chi connectivity index (χ0n) is 13.7. The number of hydrogen-bond acceptors (Lipinski definition) is 6. The Kier molecular flexibility index (Phi) is 5.98. The van der Waals surface area contributed by atoms with Crippen molar-refractivity contribution in [2.24, 2.45) is 0 Å². The third-order valence-corrected chi connectivity index (χ3v) is 4.91. The molecule has 1 fully saturated rings. The van der Waals surface area contributed by atoms with Gasteiger partial charge in [0.2, 0.25) is 17.7 Å². The first-order valence-electron chi connectivity index (χ1n) is 7.52. The van der Waals surface area contributed by atoms with Crippen molar-refractivity contribution in [3.05, 3.63) is 29.8 Å². The summed E-state index contributed by atoms with van der Waals surface area (Å²) >= 11 is 0.979. The van der Waals surface area contributed by atoms with Gasteiger partial charge < -0.3 is 15.5 Å². The van der Waals surface area contributed by atoms with Crippen LogP contribution in [0.2, 0.25) is 0 Å². The summed E-state index contributed by atoms with van der Waals surface area (Å²) in [4.78, 5) is 58.6. The first-order valence-corrected chi connectivity index (χ1v) is 8.57. The summed E-state index contributed by atoms with van der Waals surface area (Å²) in [7, 11) is 0. The van der Waals surface area contributed by atoms with Crippen LogP contribution < -0.4 is 10.2 Å². The fraction of sp³-hybridized carbons (Fsp3) is 0.312. The highest BCUT2D eigenvalue weighted by Crippen LogP contribution is 2.30. The van der Waals surface area contributed by atoms with E-state index in [1.807, 2.05) is 0 Å². The number of carboxylic acid groups (broad SMARTS) is 2. The molecule has 2 atom stereocenters. The van der Waals surface area contributed by atoms with Crippen molar-refractivity contribution in [3.8, 4) is 0 Å². The van der Waals surface area contributed by atoms with Crippen molar-refractivity contribution in [1.82, 2.24) is 5.32 Å². The number of aromatic carboxylic acids is 1. The number of imide groups is 1. The zero-order valence-corrected chi connectivity index (χ0v) is 14.5. The first kappa shape index (κ1) is 19.4. The molecule has 10 heteroatoms. The number of benzene rings is 1. The number of hydrogen-bond donors (Lipinski definition) is 3. The monoisotopic (exact) mass is 380 g/mol. The molecule has 3 N–H and O–H groups in total. The van der Waals surface area contributed by atoms with Crippen molar-refractivity contribution in [2.75, 3.05) is 10.7 Å². The van der Waals surface area contributed by atoms with E-state index >= 15 is 0 Å². The Labute approximate surface area is 152 Å². The van der Waals surface area contributed by atoms with E-state index in [0.717, 1.165) is 16.7 Å². The Morgan fingerprint density at radius 1 is 1.23 bits per heavy atom. The predicted molar refractivity (Wildman–Crippen MR) is 92.0 cm³/mol. The Balaban J connectivity index is 2.07. The number of rotatable bonds is 7. The van der Waals surface area contributed by atoms with Crippen LogP contribution in [0.4, 0.5) is 5.69 Å². The van der Waals surface area contributed by atoms with Gasteiger partial charge in [-0.1, -0.05) is 0 Å². The number of anilines is 1. The van der Waals surface area contributed by atoms with Gasteiger partial charge in [-0.25, -0.2) is 14.5 Å². The van der Waals surface area contributed by atoms with E-state index in [0.29, 0.717) is 0 Å². The third-order valence-electron chi connectivity index (χ3n) is 3.62. The normalized spacial score (nSPS) is 17.9. The van der Waals surface area contributed by atoms with Gasteiger partial charge in [0.05, 0.1) is 16.5 Å². The molecular formula is C16H16N2O7S. The van der Waals surface area contributed by atoms with Crippen molar-refractivity contribution < 1.29 is 34.2 Å². The molecule has 1 aromatic rings. The van der Waals surface area contributed by atoms with Crippen LogP contribution in [0, 0.1) is 0 Å². The van der Waals surface area contributed by atoms with Gasteiger partial charge in [-0.2, -0.15) is 0 Å². The second-order valence-electron chi connectivity index (χ2n) is 5.54. The van der Waals surface area contributed by atoms with Crippen LogP contribution in [0.25, 0.3) is 0 Å². The molecule has 0 saturated carbocycles. The third kappa shape index (κ3) is 4.39. The lowest BCUT2D eigenvalue weighted by molar-refractivity contribution is -0.140. The Morgan fingerprint density at radius 3 is 2.35 bits per heavy atom. The van der Waals surface area contributed by atoms with E-state index in [-0.39, 0.29) is 23.4 Å². The number of nitrogens with one attached hydrogen (secondary N) is 1. The second kappa shape index (κ2) is 8.00. The molecule has 1 aliphatic heterocycles. The van der Waals surface area contributed by atoms with Gasteiger partial charge in [0.25, 0.3) is 0 Å². The quantitative estimate of drug-likeness (QED) is 0.575. The largest absolute Gasteiger partial charge is 0.480 e. The maximum absolute atomic E-state index is 12.5. The topological polar surface area (TPSA) is 141 Å². The van der Waals surface area contributed by atoms with Gasteiger partial charge in [0, 0.05) is 19.1 Å². The molecule has 0 spiro atoms. The smallest absolute Gasteiger partial charge is 0.335 e. The van der Waals surface area contributed by atoms with Crippen molar-refractivity contribution in [2.45, 2.75) is 24.6 Å². The minimum absolute atomic E-state index is 0.0263. The number of nitrogens with zero attached hydrogens (tertiary/aromatic N) is 1. The fourth-order valence-electron chi connectivity index (χ4n) is 2.39. The lowest BCUT2D eigenvalue weighted by atomic mass is 10.2. The number of aliphatic carboxylic acids is 1. The van der Waals surface area contributed by atoms with Crippen LogP contribution in [0.3, 0.4) is 0 Å². The number of amides is 3. The van der Waals surface area contributed by atoms with Gasteiger partial charge in [0.1, 0.15) is 6.04 Å².